The smallest absolute Gasteiger partial charge is 0.309 e. The van der Waals surface area contributed by atoms with E-state index in [1.807, 2.05) is 0 Å². The van der Waals surface area contributed by atoms with Gasteiger partial charge in [-0.3, -0.25) is 14.3 Å². The van der Waals surface area contributed by atoms with Crippen LogP contribution < -0.4 is 10.6 Å². The molecule has 0 saturated heterocycles. The van der Waals surface area contributed by atoms with Crippen LogP contribution in [0.15, 0.2) is 41.3 Å². The van der Waals surface area contributed by atoms with E-state index >= 15 is 0 Å². The van der Waals surface area contributed by atoms with Crippen LogP contribution in [0.1, 0.15) is 25.6 Å². The van der Waals surface area contributed by atoms with Gasteiger partial charge < -0.3 is 15.1 Å². The number of nitrogens with zero attached hydrogens (tertiary/aromatic N) is 2. The van der Waals surface area contributed by atoms with Crippen molar-refractivity contribution < 1.29 is 14.0 Å². The zero-order valence-electron chi connectivity index (χ0n) is 11.9. The Bertz CT molecular complexity index is 541. The van der Waals surface area contributed by atoms with Crippen molar-refractivity contribution in [2.75, 3.05) is 6.54 Å². The van der Waals surface area contributed by atoms with Crippen LogP contribution >= 0.6 is 0 Å². The molecule has 0 aliphatic carbocycles. The first-order chi connectivity index (χ1) is 10.1. The van der Waals surface area contributed by atoms with E-state index in [9.17, 15) is 9.59 Å². The van der Waals surface area contributed by atoms with Gasteiger partial charge in [-0.05, 0) is 32.0 Å². The van der Waals surface area contributed by atoms with Gasteiger partial charge in [0.05, 0.1) is 6.26 Å². The van der Waals surface area contributed by atoms with E-state index in [1.54, 1.807) is 55.4 Å². The quantitative estimate of drug-likeness (QED) is 0.794. The largest absolute Gasteiger partial charge is 0.467 e. The molecule has 0 radical (unpaired) electrons. The van der Waals surface area contributed by atoms with Crippen LogP contribution in [-0.4, -0.2) is 34.2 Å². The second-order valence-electron chi connectivity index (χ2n) is 4.86. The molecule has 0 aliphatic heterocycles. The average molecular weight is 290 g/mol. The molecule has 0 saturated carbocycles. The third-order valence-electron chi connectivity index (χ3n) is 2.80. The van der Waals surface area contributed by atoms with E-state index in [4.69, 9.17) is 4.42 Å². The first-order valence-corrected chi connectivity index (χ1v) is 6.69. The Hall–Kier alpha value is -2.57. The SMILES string of the molecule is CC(C)NC(=O)C(=O)NCC(c1ccco1)n1cccn1. The molecule has 7 heteroatoms. The van der Waals surface area contributed by atoms with Crippen LogP contribution in [0.2, 0.25) is 0 Å². The number of aromatic nitrogens is 2. The van der Waals surface area contributed by atoms with E-state index in [-0.39, 0.29) is 18.6 Å². The van der Waals surface area contributed by atoms with Crippen LogP contribution in [0, 0.1) is 0 Å². The van der Waals surface area contributed by atoms with E-state index in [0.717, 1.165) is 0 Å². The Kier molecular flexibility index (Phi) is 4.76. The molecule has 0 aliphatic rings. The van der Waals surface area contributed by atoms with Crippen molar-refractivity contribution in [3.63, 3.8) is 0 Å². The van der Waals surface area contributed by atoms with Crippen molar-refractivity contribution in [1.82, 2.24) is 20.4 Å². The minimum absolute atomic E-state index is 0.0877. The van der Waals surface area contributed by atoms with Crippen LogP contribution in [-0.2, 0) is 9.59 Å². The highest BCUT2D eigenvalue weighted by atomic mass is 16.3. The number of furan rings is 1. The Balaban J connectivity index is 2.01. The molecule has 0 bridgehead atoms. The second kappa shape index (κ2) is 6.74. The molecule has 2 aromatic heterocycles. The summed E-state index contributed by atoms with van der Waals surface area (Å²) in [6.45, 7) is 3.79. The predicted molar refractivity (Wildman–Crippen MR) is 75.4 cm³/mol. The molecule has 0 aromatic carbocycles. The summed E-state index contributed by atoms with van der Waals surface area (Å²) in [6.07, 6.45) is 4.97. The normalized spacial score (nSPS) is 12.1. The predicted octanol–water partition coefficient (Wildman–Crippen LogP) is 0.706. The molecule has 2 aromatic rings. The number of carbonyl (C=O) groups excluding carboxylic acids is 2. The highest BCUT2D eigenvalue weighted by molar-refractivity contribution is 6.35. The Morgan fingerprint density at radius 2 is 2.14 bits per heavy atom. The third kappa shape index (κ3) is 3.95. The van der Waals surface area contributed by atoms with Gasteiger partial charge in [0.25, 0.3) is 0 Å². The molecule has 1 unspecified atom stereocenters. The second-order valence-corrected chi connectivity index (χ2v) is 4.86. The van der Waals surface area contributed by atoms with Crippen molar-refractivity contribution in [2.24, 2.45) is 0 Å². The van der Waals surface area contributed by atoms with Gasteiger partial charge in [0.15, 0.2) is 0 Å². The molecule has 0 spiro atoms. The van der Waals surface area contributed by atoms with Crippen molar-refractivity contribution >= 4 is 11.8 Å². The summed E-state index contributed by atoms with van der Waals surface area (Å²) in [5.74, 6) is -0.667. The molecule has 1 atom stereocenters. The maximum Gasteiger partial charge on any atom is 0.309 e. The number of nitrogens with one attached hydrogen (secondary N) is 2. The summed E-state index contributed by atoms with van der Waals surface area (Å²) in [7, 11) is 0. The van der Waals surface area contributed by atoms with Crippen LogP contribution in [0.25, 0.3) is 0 Å². The van der Waals surface area contributed by atoms with Crippen LogP contribution in [0.4, 0.5) is 0 Å². The molecule has 21 heavy (non-hydrogen) atoms. The molecular weight excluding hydrogens is 272 g/mol. The minimum atomic E-state index is -0.674. The topological polar surface area (TPSA) is 89.2 Å². The summed E-state index contributed by atoms with van der Waals surface area (Å²) in [5.41, 5.74) is 0. The molecule has 2 rings (SSSR count). The van der Waals surface area contributed by atoms with Gasteiger partial charge in [-0.25, -0.2) is 0 Å². The summed E-state index contributed by atoms with van der Waals surface area (Å²) in [4.78, 5) is 23.3. The van der Waals surface area contributed by atoms with Crippen LogP contribution in [0.3, 0.4) is 0 Å². The van der Waals surface area contributed by atoms with Gasteiger partial charge in [0.1, 0.15) is 11.8 Å². The van der Waals surface area contributed by atoms with E-state index < -0.39 is 11.8 Å². The molecule has 2 amide bonds. The lowest BCUT2D eigenvalue weighted by Gasteiger charge is -2.16. The number of amides is 2. The van der Waals surface area contributed by atoms with Crippen molar-refractivity contribution in [3.05, 3.63) is 42.6 Å². The molecule has 2 N–H and O–H groups in total. The minimum Gasteiger partial charge on any atom is -0.467 e. The van der Waals surface area contributed by atoms with Gasteiger partial charge in [-0.15, -0.1) is 0 Å². The van der Waals surface area contributed by atoms with E-state index in [2.05, 4.69) is 15.7 Å². The zero-order chi connectivity index (χ0) is 15.2. The van der Waals surface area contributed by atoms with Gasteiger partial charge in [0, 0.05) is 25.0 Å². The number of carbonyl (C=O) groups is 2. The van der Waals surface area contributed by atoms with Gasteiger partial charge in [-0.1, -0.05) is 0 Å². The summed E-state index contributed by atoms with van der Waals surface area (Å²) < 4.78 is 7.03. The number of rotatable bonds is 5. The molecule has 7 nitrogen and oxygen atoms in total. The first kappa shape index (κ1) is 14.8. The van der Waals surface area contributed by atoms with Gasteiger partial charge in [0.2, 0.25) is 0 Å². The van der Waals surface area contributed by atoms with Gasteiger partial charge in [-0.2, -0.15) is 5.10 Å². The highest BCUT2D eigenvalue weighted by Gasteiger charge is 2.20. The Labute approximate surface area is 122 Å². The fraction of sp³-hybridized carbons (Fsp3) is 0.357. The van der Waals surface area contributed by atoms with Crippen molar-refractivity contribution in [3.8, 4) is 0 Å². The maximum absolute atomic E-state index is 11.7. The Morgan fingerprint density at radius 1 is 1.33 bits per heavy atom. The molecule has 112 valence electrons. The zero-order valence-corrected chi connectivity index (χ0v) is 11.9. The Morgan fingerprint density at radius 3 is 2.71 bits per heavy atom. The van der Waals surface area contributed by atoms with Gasteiger partial charge >= 0.3 is 11.8 Å². The van der Waals surface area contributed by atoms with E-state index in [0.29, 0.717) is 5.76 Å². The monoisotopic (exact) mass is 290 g/mol. The first-order valence-electron chi connectivity index (χ1n) is 6.69. The van der Waals surface area contributed by atoms with Crippen LogP contribution in [0.5, 0.6) is 0 Å². The fourth-order valence-corrected chi connectivity index (χ4v) is 1.87. The average Bonchev–Trinajstić information content (AvgIpc) is 3.11. The highest BCUT2D eigenvalue weighted by Crippen LogP contribution is 2.16. The standard InChI is InChI=1S/C14H18N4O3/c1-10(2)17-14(20)13(19)15-9-11(12-5-3-8-21-12)18-7-4-6-16-18/h3-8,10-11H,9H2,1-2H3,(H,15,19)(H,17,20). The summed E-state index contributed by atoms with van der Waals surface area (Å²) in [6, 6.07) is 4.95. The molecule has 2 heterocycles. The van der Waals surface area contributed by atoms with Crippen molar-refractivity contribution in [2.45, 2.75) is 25.9 Å². The maximum atomic E-state index is 11.7. The lowest BCUT2D eigenvalue weighted by molar-refractivity contribution is -0.139. The lowest BCUT2D eigenvalue weighted by atomic mass is 10.2. The fourth-order valence-electron chi connectivity index (χ4n) is 1.87. The molecular formula is C14H18N4O3. The summed E-state index contributed by atoms with van der Waals surface area (Å²) >= 11 is 0. The lowest BCUT2D eigenvalue weighted by Crippen LogP contribution is -2.44. The molecule has 0 fully saturated rings. The van der Waals surface area contributed by atoms with Crippen molar-refractivity contribution in [1.29, 1.82) is 0 Å². The third-order valence-corrected chi connectivity index (χ3v) is 2.80. The summed E-state index contributed by atoms with van der Waals surface area (Å²) in [5, 5.41) is 9.28. The number of hydrogen-bond donors (Lipinski definition) is 2. The number of hydrogen-bond acceptors (Lipinski definition) is 4. The van der Waals surface area contributed by atoms with E-state index in [1.165, 1.54) is 0 Å².